The van der Waals surface area contributed by atoms with Crippen LogP contribution >= 0.6 is 0 Å². The second kappa shape index (κ2) is 4.78. The monoisotopic (exact) mass is 270 g/mol. The van der Waals surface area contributed by atoms with E-state index in [-0.39, 0.29) is 0 Å². The maximum Gasteiger partial charge on any atom is 0.179 e. The van der Waals surface area contributed by atoms with E-state index in [0.29, 0.717) is 17.5 Å². The molecule has 0 aliphatic carbocycles. The van der Waals surface area contributed by atoms with Gasteiger partial charge in [-0.15, -0.1) is 0 Å². The van der Waals surface area contributed by atoms with Gasteiger partial charge in [-0.05, 0) is 29.7 Å². The number of hydrogen-bond donors (Lipinski definition) is 0. The molecule has 2 saturated heterocycles. The van der Waals surface area contributed by atoms with E-state index in [0.717, 1.165) is 0 Å². The summed E-state index contributed by atoms with van der Waals surface area (Å²) >= 11 is 0. The number of nitrogens with zero attached hydrogens (tertiary/aromatic N) is 2. The summed E-state index contributed by atoms with van der Waals surface area (Å²) in [6, 6.07) is 4.56. The quantitative estimate of drug-likeness (QED) is 0.765. The van der Waals surface area contributed by atoms with Gasteiger partial charge in [0.05, 0.1) is 0 Å². The lowest BCUT2D eigenvalue weighted by molar-refractivity contribution is 0.177. The fourth-order valence-corrected chi connectivity index (χ4v) is 3.86. The molecule has 2 aliphatic rings. The zero-order valence-electron chi connectivity index (χ0n) is 13.4. The highest BCUT2D eigenvalue weighted by Crippen LogP contribution is 2.52. The molecule has 1 aromatic rings. The molecule has 2 fully saturated rings. The fourth-order valence-electron chi connectivity index (χ4n) is 3.86. The van der Waals surface area contributed by atoms with E-state index in [4.69, 9.17) is 4.98 Å². The highest BCUT2D eigenvalue weighted by atomic mass is 15.2. The maximum atomic E-state index is 4.73. The van der Waals surface area contributed by atoms with Crippen LogP contribution in [0.15, 0.2) is 18.3 Å². The molecule has 0 amide bonds. The second-order valence-corrected chi connectivity index (χ2v) is 8.02. The lowest BCUT2D eigenvalue weighted by Crippen LogP contribution is -2.29. The Kier molecular flexibility index (Phi) is 3.34. The first-order valence-corrected chi connectivity index (χ1v) is 8.10. The summed E-state index contributed by atoms with van der Waals surface area (Å²) in [5, 5.41) is 0. The second-order valence-electron chi connectivity index (χ2n) is 8.02. The first-order valence-electron chi connectivity index (χ1n) is 8.10. The van der Waals surface area contributed by atoms with Crippen molar-refractivity contribution in [3.63, 3.8) is 0 Å². The minimum absolute atomic E-state index is 0.422. The number of pyridine rings is 1. The largest absolute Gasteiger partial charge is 0.357 e. The zero-order chi connectivity index (χ0) is 14.4. The van der Waals surface area contributed by atoms with Crippen LogP contribution < -0.4 is 10.4 Å². The van der Waals surface area contributed by atoms with Crippen LogP contribution in [0.5, 0.6) is 0 Å². The molecule has 3 rings (SSSR count). The third-order valence-corrected chi connectivity index (χ3v) is 6.02. The predicted molar refractivity (Wildman–Crippen MR) is 88.2 cm³/mol. The molecule has 0 spiro atoms. The Bertz CT molecular complexity index is 456. The molecule has 1 aromatic heterocycles. The van der Waals surface area contributed by atoms with Crippen LogP contribution in [0.4, 0.5) is 5.82 Å². The summed E-state index contributed by atoms with van der Waals surface area (Å²) in [7, 11) is 0. The Morgan fingerprint density at radius 1 is 1.00 bits per heavy atom. The van der Waals surface area contributed by atoms with Gasteiger partial charge in [-0.25, -0.2) is 4.98 Å². The fraction of sp³-hybridized carbons (Fsp3) is 0.706. The minimum atomic E-state index is 0.422. The van der Waals surface area contributed by atoms with Crippen molar-refractivity contribution in [2.24, 2.45) is 10.8 Å². The van der Waals surface area contributed by atoms with Gasteiger partial charge < -0.3 is 4.90 Å². The summed E-state index contributed by atoms with van der Waals surface area (Å²) in [5.74, 6) is 1.17. The topological polar surface area (TPSA) is 16.1 Å². The third kappa shape index (κ3) is 2.36. The lowest BCUT2D eigenvalue weighted by Gasteiger charge is -2.35. The van der Waals surface area contributed by atoms with E-state index in [1.165, 1.54) is 49.9 Å². The van der Waals surface area contributed by atoms with Crippen molar-refractivity contribution in [3.8, 4) is 0 Å². The Morgan fingerprint density at radius 2 is 1.60 bits per heavy atom. The number of hydrogen-bond acceptors (Lipinski definition) is 2. The standard InChI is InChI=1S/C17H27BN2/c1-16(2)12-18(13-17(16,3)4)14-7-8-15(19-11-14)20-9-5-6-10-20/h7-8,11H,5-6,9-10,12-13H2,1-4H3. The van der Waals surface area contributed by atoms with Crippen LogP contribution in [0.3, 0.4) is 0 Å². The normalized spacial score (nSPS) is 24.4. The molecule has 0 N–H and O–H groups in total. The predicted octanol–water partition coefficient (Wildman–Crippen LogP) is 3.45. The van der Waals surface area contributed by atoms with E-state index in [2.05, 4.69) is 50.9 Å². The molecule has 3 heteroatoms. The molecular weight excluding hydrogens is 243 g/mol. The Morgan fingerprint density at radius 3 is 2.10 bits per heavy atom. The maximum absolute atomic E-state index is 4.73. The first-order chi connectivity index (χ1) is 9.39. The van der Waals surface area contributed by atoms with Crippen molar-refractivity contribution in [3.05, 3.63) is 18.3 Å². The van der Waals surface area contributed by atoms with E-state index in [9.17, 15) is 0 Å². The van der Waals surface area contributed by atoms with Crippen LogP contribution in [0.2, 0.25) is 12.6 Å². The average Bonchev–Trinajstić information content (AvgIpc) is 2.97. The molecule has 0 saturated carbocycles. The summed E-state index contributed by atoms with van der Waals surface area (Å²) in [6.45, 7) is 12.7. The van der Waals surface area contributed by atoms with Crippen molar-refractivity contribution < 1.29 is 0 Å². The van der Waals surface area contributed by atoms with E-state index in [1.54, 1.807) is 0 Å². The molecule has 0 unspecified atom stereocenters. The molecule has 2 nitrogen and oxygen atoms in total. The summed E-state index contributed by atoms with van der Waals surface area (Å²) < 4.78 is 0. The van der Waals surface area contributed by atoms with E-state index in [1.807, 2.05) is 0 Å². The molecule has 0 aromatic carbocycles. The van der Waals surface area contributed by atoms with Crippen LogP contribution in [-0.2, 0) is 0 Å². The van der Waals surface area contributed by atoms with Gasteiger partial charge in [-0.3, -0.25) is 0 Å². The third-order valence-electron chi connectivity index (χ3n) is 6.02. The van der Waals surface area contributed by atoms with Gasteiger partial charge in [0.15, 0.2) is 6.71 Å². The van der Waals surface area contributed by atoms with Gasteiger partial charge in [0, 0.05) is 19.3 Å². The van der Waals surface area contributed by atoms with Gasteiger partial charge in [0.2, 0.25) is 0 Å². The lowest BCUT2D eigenvalue weighted by atomic mass is 9.42. The van der Waals surface area contributed by atoms with Crippen LogP contribution in [-0.4, -0.2) is 24.8 Å². The van der Waals surface area contributed by atoms with Crippen LogP contribution in [0.1, 0.15) is 40.5 Å². The minimum Gasteiger partial charge on any atom is -0.357 e. The zero-order valence-corrected chi connectivity index (χ0v) is 13.4. The van der Waals surface area contributed by atoms with Gasteiger partial charge in [0.25, 0.3) is 0 Å². The highest BCUT2D eigenvalue weighted by Gasteiger charge is 2.48. The average molecular weight is 270 g/mol. The molecule has 2 aliphatic heterocycles. The molecule has 0 atom stereocenters. The molecular formula is C17H27BN2. The van der Waals surface area contributed by atoms with E-state index >= 15 is 0 Å². The molecule has 0 bridgehead atoms. The number of rotatable bonds is 2. The summed E-state index contributed by atoms with van der Waals surface area (Å²) in [4.78, 5) is 7.14. The van der Waals surface area contributed by atoms with E-state index < -0.39 is 0 Å². The van der Waals surface area contributed by atoms with Crippen molar-refractivity contribution >= 4 is 18.0 Å². The van der Waals surface area contributed by atoms with Crippen LogP contribution in [0.25, 0.3) is 0 Å². The summed E-state index contributed by atoms with van der Waals surface area (Å²) in [6.07, 6.45) is 7.33. The smallest absolute Gasteiger partial charge is 0.179 e. The summed E-state index contributed by atoms with van der Waals surface area (Å²) in [5.41, 5.74) is 2.28. The van der Waals surface area contributed by atoms with Crippen molar-refractivity contribution in [2.45, 2.75) is 53.2 Å². The highest BCUT2D eigenvalue weighted by molar-refractivity contribution is 6.74. The van der Waals surface area contributed by atoms with Gasteiger partial charge in [-0.2, -0.15) is 0 Å². The van der Waals surface area contributed by atoms with Gasteiger partial charge >= 0.3 is 0 Å². The van der Waals surface area contributed by atoms with Gasteiger partial charge in [-0.1, -0.05) is 51.9 Å². The first kappa shape index (κ1) is 14.0. The van der Waals surface area contributed by atoms with Gasteiger partial charge in [0.1, 0.15) is 5.82 Å². The molecule has 0 radical (unpaired) electrons. The molecule has 108 valence electrons. The van der Waals surface area contributed by atoms with Crippen molar-refractivity contribution in [2.75, 3.05) is 18.0 Å². The molecule has 20 heavy (non-hydrogen) atoms. The Balaban J connectivity index is 1.75. The molecule has 3 heterocycles. The van der Waals surface area contributed by atoms with Crippen LogP contribution in [0, 0.1) is 10.8 Å². The Labute approximate surface area is 124 Å². The number of anilines is 1. The van der Waals surface area contributed by atoms with Crippen molar-refractivity contribution in [1.29, 1.82) is 0 Å². The Hall–Kier alpha value is -0.985. The number of aromatic nitrogens is 1. The SMILES string of the molecule is CC1(C)CB(c2ccc(N3CCCC3)nc2)CC1(C)C. The van der Waals surface area contributed by atoms with Crippen molar-refractivity contribution in [1.82, 2.24) is 4.98 Å².